The molecule has 5 rings (SSSR count). The van der Waals surface area contributed by atoms with Crippen LogP contribution in [0.1, 0.15) is 27.9 Å². The van der Waals surface area contributed by atoms with Gasteiger partial charge in [0.1, 0.15) is 5.75 Å². The summed E-state index contributed by atoms with van der Waals surface area (Å²) in [5.41, 5.74) is 4.56. The minimum Gasteiger partial charge on any atom is -0.507 e. The van der Waals surface area contributed by atoms with E-state index in [1.807, 2.05) is 0 Å². The van der Waals surface area contributed by atoms with Crippen molar-refractivity contribution in [2.24, 2.45) is 29.4 Å². The second kappa shape index (κ2) is 10.6. The highest BCUT2D eigenvalue weighted by Crippen LogP contribution is 2.51. The van der Waals surface area contributed by atoms with Crippen molar-refractivity contribution in [2.45, 2.75) is 37.2 Å². The fraction of sp³-hybridized carbons (Fsp3) is 0.433. The van der Waals surface area contributed by atoms with Crippen LogP contribution in [0.15, 0.2) is 36.4 Å². The summed E-state index contributed by atoms with van der Waals surface area (Å²) < 4.78 is 37.4. The van der Waals surface area contributed by atoms with Gasteiger partial charge >= 0.3 is 6.18 Å². The number of primary amides is 1. The van der Waals surface area contributed by atoms with E-state index >= 15 is 0 Å². The minimum absolute atomic E-state index is 0.0246. The number of aliphatic hydroxyl groups is 1. The summed E-state index contributed by atoms with van der Waals surface area (Å²) in [4.78, 5) is 67.9. The van der Waals surface area contributed by atoms with E-state index in [9.17, 15) is 47.4 Å². The number of phenols is 1. The van der Waals surface area contributed by atoms with Gasteiger partial charge in [0.25, 0.3) is 0 Å². The molecule has 13 heteroatoms. The van der Waals surface area contributed by atoms with E-state index in [1.165, 1.54) is 25.1 Å². The fourth-order valence-corrected chi connectivity index (χ4v) is 7.03. The maximum Gasteiger partial charge on any atom is 0.401 e. The number of carbonyl (C=O) groups is 5. The first kappa shape index (κ1) is 30.5. The number of phenolic OH excluding ortho intramolecular Hbond substituents is 1. The SMILES string of the molecule is CN(C)C1C(=O)C(C(N)=O)C(=O)C2(O)C(=O)C3C(=O)c4c(O)ccc(-c5ccc(CNCC(F)(F)F)cc5)c4CC3CC12. The Morgan fingerprint density at radius 3 is 2.30 bits per heavy atom. The molecule has 0 radical (unpaired) electrons. The lowest BCUT2D eigenvalue weighted by molar-refractivity contribution is -0.181. The molecule has 10 nitrogen and oxygen atoms in total. The summed E-state index contributed by atoms with van der Waals surface area (Å²) in [6.07, 6.45) is -4.34. The van der Waals surface area contributed by atoms with Crippen LogP contribution in [-0.4, -0.2) is 82.6 Å². The predicted octanol–water partition coefficient (Wildman–Crippen LogP) is 1.19. The second-order valence-corrected chi connectivity index (χ2v) is 11.7. The number of nitrogens with one attached hydrogen (secondary N) is 1. The number of aromatic hydroxyl groups is 1. The van der Waals surface area contributed by atoms with Crippen LogP contribution in [0.2, 0.25) is 0 Å². The lowest BCUT2D eigenvalue weighted by atomic mass is 9.52. The monoisotopic (exact) mass is 601 g/mol. The van der Waals surface area contributed by atoms with Gasteiger partial charge in [-0.15, -0.1) is 0 Å². The van der Waals surface area contributed by atoms with Crippen LogP contribution in [0, 0.1) is 23.7 Å². The number of likely N-dealkylation sites (N-methyl/N-ethyl adjacent to an activating group) is 1. The molecule has 2 aromatic rings. The third kappa shape index (κ3) is 4.94. The Morgan fingerprint density at radius 2 is 1.72 bits per heavy atom. The molecule has 0 saturated heterocycles. The van der Waals surface area contributed by atoms with Gasteiger partial charge in [-0.05, 0) is 61.2 Å². The molecule has 1 amide bonds. The molecule has 3 aliphatic rings. The Hall–Kier alpha value is -3.94. The quantitative estimate of drug-likeness (QED) is 0.356. The molecule has 0 heterocycles. The molecule has 6 atom stereocenters. The molecule has 0 aromatic heterocycles. The molecule has 5 N–H and O–H groups in total. The number of benzene rings is 2. The van der Waals surface area contributed by atoms with E-state index in [1.54, 1.807) is 30.3 Å². The highest BCUT2D eigenvalue weighted by molar-refractivity contribution is 6.32. The minimum atomic E-state index is -4.35. The first-order valence-electron chi connectivity index (χ1n) is 13.6. The van der Waals surface area contributed by atoms with Crippen molar-refractivity contribution in [3.8, 4) is 16.9 Å². The Kier molecular flexibility index (Phi) is 7.56. The standard InChI is InChI=1S/C30H30F3N3O7/c1-36(2)23-18-10-15-9-17-16(14-5-3-13(4-6-14)11-35-12-29(31,32)33)7-8-19(37)21(17)24(38)20(15)26(40)30(18,43)27(41)22(25(23)39)28(34)42/h3-8,15,18,20,22-23,35,37,43H,9-12H2,1-2H3,(H2,34,42). The maximum absolute atomic E-state index is 13.9. The van der Waals surface area contributed by atoms with Crippen LogP contribution in [-0.2, 0) is 32.1 Å². The van der Waals surface area contributed by atoms with Gasteiger partial charge in [-0.3, -0.25) is 28.9 Å². The Bertz CT molecular complexity index is 1540. The van der Waals surface area contributed by atoms with Gasteiger partial charge in [0.05, 0.1) is 24.1 Å². The number of carbonyl (C=O) groups excluding carboxylic acids is 5. The number of Topliss-reactive ketones (excluding diaryl/α,β-unsaturated/α-hetero) is 4. The molecule has 0 bridgehead atoms. The van der Waals surface area contributed by atoms with Crippen LogP contribution in [0.4, 0.5) is 13.2 Å². The molecule has 2 saturated carbocycles. The lowest BCUT2D eigenvalue weighted by Crippen LogP contribution is -2.74. The summed E-state index contributed by atoms with van der Waals surface area (Å²) in [6.45, 7) is -1.17. The van der Waals surface area contributed by atoms with Gasteiger partial charge in [0, 0.05) is 12.5 Å². The molecule has 2 aromatic carbocycles. The molecule has 0 spiro atoms. The number of alkyl halides is 3. The van der Waals surface area contributed by atoms with Crippen LogP contribution in [0.25, 0.3) is 11.1 Å². The van der Waals surface area contributed by atoms with Crippen molar-refractivity contribution in [1.29, 1.82) is 0 Å². The summed E-state index contributed by atoms with van der Waals surface area (Å²) in [7, 11) is 3.01. The van der Waals surface area contributed by atoms with E-state index in [0.29, 0.717) is 22.3 Å². The average molecular weight is 602 g/mol. The fourth-order valence-electron chi connectivity index (χ4n) is 7.03. The molecular formula is C30H30F3N3O7. The highest BCUT2D eigenvalue weighted by Gasteiger charge is 2.69. The molecule has 2 fully saturated rings. The molecule has 3 aliphatic carbocycles. The van der Waals surface area contributed by atoms with Gasteiger partial charge in [0.15, 0.2) is 34.7 Å². The van der Waals surface area contributed by atoms with Crippen molar-refractivity contribution in [3.05, 3.63) is 53.1 Å². The Labute approximate surface area is 244 Å². The largest absolute Gasteiger partial charge is 0.507 e. The number of amides is 1. The lowest BCUT2D eigenvalue weighted by Gasteiger charge is -2.52. The maximum atomic E-state index is 13.9. The zero-order chi connectivity index (χ0) is 31.6. The van der Waals surface area contributed by atoms with E-state index in [-0.39, 0.29) is 24.9 Å². The van der Waals surface area contributed by atoms with Crippen molar-refractivity contribution in [1.82, 2.24) is 10.2 Å². The Balaban J connectivity index is 1.52. The number of nitrogens with zero attached hydrogens (tertiary/aromatic N) is 1. The third-order valence-electron chi connectivity index (χ3n) is 8.86. The molecule has 6 unspecified atom stereocenters. The zero-order valence-corrected chi connectivity index (χ0v) is 23.3. The average Bonchev–Trinajstić information content (AvgIpc) is 2.90. The predicted molar refractivity (Wildman–Crippen MR) is 145 cm³/mol. The first-order valence-corrected chi connectivity index (χ1v) is 13.6. The number of ketones is 4. The van der Waals surface area contributed by atoms with Crippen molar-refractivity contribution in [3.63, 3.8) is 0 Å². The van der Waals surface area contributed by atoms with Crippen LogP contribution in [0.3, 0.4) is 0 Å². The van der Waals surface area contributed by atoms with Crippen molar-refractivity contribution >= 4 is 29.0 Å². The number of hydrogen-bond donors (Lipinski definition) is 4. The number of hydrogen-bond acceptors (Lipinski definition) is 9. The number of halogens is 3. The third-order valence-corrected chi connectivity index (χ3v) is 8.86. The first-order chi connectivity index (χ1) is 20.1. The van der Waals surface area contributed by atoms with Gasteiger partial charge in [-0.25, -0.2) is 0 Å². The molecule has 228 valence electrons. The number of nitrogens with two attached hydrogens (primary N) is 1. The van der Waals surface area contributed by atoms with Crippen molar-refractivity contribution < 1.29 is 47.4 Å². The topological polar surface area (TPSA) is 167 Å². The van der Waals surface area contributed by atoms with Gasteiger partial charge in [-0.1, -0.05) is 30.3 Å². The molecular weight excluding hydrogens is 571 g/mol. The van der Waals surface area contributed by atoms with Crippen LogP contribution in [0.5, 0.6) is 5.75 Å². The molecule has 43 heavy (non-hydrogen) atoms. The normalized spacial score (nSPS) is 28.9. The summed E-state index contributed by atoms with van der Waals surface area (Å²) in [6, 6.07) is 8.27. The van der Waals surface area contributed by atoms with Gasteiger partial charge in [-0.2, -0.15) is 13.2 Å². The van der Waals surface area contributed by atoms with E-state index in [0.717, 1.165) is 0 Å². The van der Waals surface area contributed by atoms with E-state index in [4.69, 9.17) is 5.73 Å². The number of rotatable bonds is 6. The molecule has 0 aliphatic heterocycles. The number of fused-ring (bicyclic) bond motifs is 3. The van der Waals surface area contributed by atoms with Crippen LogP contribution >= 0.6 is 0 Å². The highest BCUT2D eigenvalue weighted by atomic mass is 19.4. The van der Waals surface area contributed by atoms with Gasteiger partial charge < -0.3 is 21.3 Å². The van der Waals surface area contributed by atoms with E-state index < -0.39 is 82.8 Å². The van der Waals surface area contributed by atoms with Crippen LogP contribution < -0.4 is 11.1 Å². The summed E-state index contributed by atoms with van der Waals surface area (Å²) >= 11 is 0. The van der Waals surface area contributed by atoms with E-state index in [2.05, 4.69) is 5.32 Å². The zero-order valence-electron chi connectivity index (χ0n) is 23.3. The van der Waals surface area contributed by atoms with Gasteiger partial charge in [0.2, 0.25) is 5.91 Å². The van der Waals surface area contributed by atoms with Crippen molar-refractivity contribution in [2.75, 3.05) is 20.6 Å². The Morgan fingerprint density at radius 1 is 1.07 bits per heavy atom. The summed E-state index contributed by atoms with van der Waals surface area (Å²) in [5, 5.41) is 24.7. The smallest absolute Gasteiger partial charge is 0.401 e. The summed E-state index contributed by atoms with van der Waals surface area (Å²) in [5.74, 6) is -11.3. The second-order valence-electron chi connectivity index (χ2n) is 11.7.